The number of carboxylic acids is 1. The molecule has 0 radical (unpaired) electrons. The van der Waals surface area contributed by atoms with Crippen molar-refractivity contribution in [3.05, 3.63) is 71.3 Å². The van der Waals surface area contributed by atoms with E-state index in [1.54, 1.807) is 24.3 Å². The van der Waals surface area contributed by atoms with E-state index in [4.69, 9.17) is 4.74 Å². The van der Waals surface area contributed by atoms with Crippen LogP contribution in [0.2, 0.25) is 0 Å². The van der Waals surface area contributed by atoms with Crippen LogP contribution in [-0.2, 0) is 20.9 Å². The third kappa shape index (κ3) is 6.32. The summed E-state index contributed by atoms with van der Waals surface area (Å²) in [7, 11) is 0. The minimum absolute atomic E-state index is 0.124. The number of benzene rings is 2. The average Bonchev–Trinajstić information content (AvgIpc) is 2.73. The summed E-state index contributed by atoms with van der Waals surface area (Å²) in [6.45, 7) is 1.40. The minimum Gasteiger partial charge on any atom is -0.481 e. The van der Waals surface area contributed by atoms with Crippen molar-refractivity contribution in [3.8, 4) is 0 Å². The normalized spacial score (nSPS) is 16.2. The number of nitrogens with zero attached hydrogens (tertiary/aromatic N) is 2. The van der Waals surface area contributed by atoms with Gasteiger partial charge in [0.15, 0.2) is 6.61 Å². The number of carbonyl (C=O) groups excluding carboxylic acids is 1. The summed E-state index contributed by atoms with van der Waals surface area (Å²) in [6, 6.07) is 15.6. The van der Waals surface area contributed by atoms with Crippen LogP contribution >= 0.6 is 0 Å². The summed E-state index contributed by atoms with van der Waals surface area (Å²) >= 11 is 0. The fourth-order valence-corrected chi connectivity index (χ4v) is 3.53. The zero-order valence-corrected chi connectivity index (χ0v) is 17.4. The molecule has 0 bridgehead atoms. The molecule has 170 valence electrons. The average molecular weight is 448 g/mol. The number of rotatable bonds is 8. The van der Waals surface area contributed by atoms with Crippen LogP contribution in [0.25, 0.3) is 0 Å². The first-order valence-electron chi connectivity index (χ1n) is 10.1. The van der Waals surface area contributed by atoms with Gasteiger partial charge in [-0.05, 0) is 35.6 Å². The van der Waals surface area contributed by atoms with Gasteiger partial charge in [0, 0.05) is 12.0 Å². The molecule has 1 heterocycles. The van der Waals surface area contributed by atoms with Crippen molar-refractivity contribution in [1.29, 1.82) is 0 Å². The molecule has 3 rings (SSSR count). The topological polar surface area (TPSA) is 79.2 Å². The Balaban J connectivity index is 1.71. The van der Waals surface area contributed by atoms with Crippen LogP contribution in [0, 0.1) is 5.92 Å². The summed E-state index contributed by atoms with van der Waals surface area (Å²) in [6.07, 6.45) is -5.49. The first-order chi connectivity index (χ1) is 15.1. The molecule has 2 atom stereocenters. The van der Waals surface area contributed by atoms with Gasteiger partial charge in [-0.3, -0.25) is 9.59 Å². The van der Waals surface area contributed by atoms with E-state index in [-0.39, 0.29) is 25.5 Å². The second-order valence-corrected chi connectivity index (χ2v) is 7.80. The highest BCUT2D eigenvalue weighted by atomic mass is 19.4. The Bertz CT molecular complexity index is 975. The van der Waals surface area contributed by atoms with E-state index >= 15 is 0 Å². The lowest BCUT2D eigenvalue weighted by Gasteiger charge is -2.24. The summed E-state index contributed by atoms with van der Waals surface area (Å²) < 4.78 is 43.2. The predicted octanol–water partition coefficient (Wildman–Crippen LogP) is 4.55. The van der Waals surface area contributed by atoms with E-state index in [0.29, 0.717) is 17.0 Å². The first kappa shape index (κ1) is 23.3. The molecule has 6 nitrogen and oxygen atoms in total. The quantitative estimate of drug-likeness (QED) is 0.643. The number of ether oxygens (including phenoxy) is 1. The molecule has 32 heavy (non-hydrogen) atoms. The molecule has 2 aromatic carbocycles. The highest BCUT2D eigenvalue weighted by Crippen LogP contribution is 2.32. The van der Waals surface area contributed by atoms with Crippen LogP contribution in [0.3, 0.4) is 0 Å². The Labute approximate surface area is 183 Å². The number of hydrazone groups is 1. The van der Waals surface area contributed by atoms with Crippen molar-refractivity contribution in [2.24, 2.45) is 11.0 Å². The predicted molar refractivity (Wildman–Crippen MR) is 111 cm³/mol. The fraction of sp³-hybridized carbons (Fsp3) is 0.348. The van der Waals surface area contributed by atoms with Gasteiger partial charge in [-0.25, -0.2) is 5.01 Å². The number of alkyl halides is 3. The largest absolute Gasteiger partial charge is 0.481 e. The molecule has 2 unspecified atom stereocenters. The van der Waals surface area contributed by atoms with Crippen LogP contribution in [0.15, 0.2) is 59.7 Å². The molecule has 2 aromatic rings. The van der Waals surface area contributed by atoms with Crippen molar-refractivity contribution in [1.82, 2.24) is 5.01 Å². The molecule has 1 aliphatic heterocycles. The maximum Gasteiger partial charge on any atom is 0.389 e. The van der Waals surface area contributed by atoms with Crippen LogP contribution in [0.1, 0.15) is 42.4 Å². The molecule has 0 aromatic heterocycles. The van der Waals surface area contributed by atoms with Crippen LogP contribution in [0.5, 0.6) is 0 Å². The molecule has 0 aliphatic carbocycles. The van der Waals surface area contributed by atoms with Crippen molar-refractivity contribution in [2.75, 3.05) is 6.61 Å². The van der Waals surface area contributed by atoms with Crippen molar-refractivity contribution >= 4 is 17.8 Å². The Kier molecular flexibility index (Phi) is 7.17. The lowest BCUT2D eigenvalue weighted by Crippen LogP contribution is -2.36. The molecule has 9 heteroatoms. The van der Waals surface area contributed by atoms with E-state index in [1.165, 1.54) is 11.9 Å². The Morgan fingerprint density at radius 1 is 1.16 bits per heavy atom. The SMILES string of the molecule is CC(CC(C(=O)O)c1ccc(CN2N=C(c3ccccc3)OCC2=O)cc1)CC(F)(F)F. The zero-order valence-electron chi connectivity index (χ0n) is 17.4. The number of aliphatic carboxylic acids is 1. The van der Waals surface area contributed by atoms with Gasteiger partial charge in [-0.2, -0.15) is 13.2 Å². The number of halogens is 3. The molecule has 1 amide bonds. The van der Waals surface area contributed by atoms with Crippen molar-refractivity contribution in [2.45, 2.75) is 38.4 Å². The van der Waals surface area contributed by atoms with Gasteiger partial charge in [0.25, 0.3) is 5.91 Å². The highest BCUT2D eigenvalue weighted by Gasteiger charge is 2.32. The van der Waals surface area contributed by atoms with Crippen LogP contribution in [0.4, 0.5) is 13.2 Å². The van der Waals surface area contributed by atoms with Gasteiger partial charge in [0.05, 0.1) is 12.5 Å². The summed E-state index contributed by atoms with van der Waals surface area (Å²) in [5.74, 6) is -3.04. The van der Waals surface area contributed by atoms with Crippen molar-refractivity contribution in [3.63, 3.8) is 0 Å². The van der Waals surface area contributed by atoms with E-state index < -0.39 is 30.4 Å². The lowest BCUT2D eigenvalue weighted by molar-refractivity contribution is -0.148. The monoisotopic (exact) mass is 448 g/mol. The Hall–Kier alpha value is -3.36. The summed E-state index contributed by atoms with van der Waals surface area (Å²) in [5, 5.41) is 15.1. The van der Waals surface area contributed by atoms with E-state index in [2.05, 4.69) is 5.10 Å². The third-order valence-electron chi connectivity index (χ3n) is 5.08. The molecular weight excluding hydrogens is 425 g/mol. The van der Waals surface area contributed by atoms with Gasteiger partial charge in [-0.15, -0.1) is 5.10 Å². The number of hydrogen-bond donors (Lipinski definition) is 1. The van der Waals surface area contributed by atoms with E-state index in [0.717, 1.165) is 5.56 Å². The molecule has 0 saturated carbocycles. The van der Waals surface area contributed by atoms with Gasteiger partial charge in [0.2, 0.25) is 5.90 Å². The fourth-order valence-electron chi connectivity index (χ4n) is 3.53. The third-order valence-corrected chi connectivity index (χ3v) is 5.08. The summed E-state index contributed by atoms with van der Waals surface area (Å²) in [5.41, 5.74) is 1.85. The highest BCUT2D eigenvalue weighted by molar-refractivity contribution is 5.97. The molecule has 1 N–H and O–H groups in total. The molecule has 0 fully saturated rings. The molecular formula is C23H23F3N2O4. The van der Waals surface area contributed by atoms with Gasteiger partial charge in [-0.1, -0.05) is 49.4 Å². The Morgan fingerprint density at radius 3 is 2.41 bits per heavy atom. The maximum atomic E-state index is 12.6. The number of carbonyl (C=O) groups is 2. The lowest BCUT2D eigenvalue weighted by atomic mass is 9.87. The first-order valence-corrected chi connectivity index (χ1v) is 10.1. The Morgan fingerprint density at radius 2 is 1.81 bits per heavy atom. The van der Waals surface area contributed by atoms with Gasteiger partial charge in [0.1, 0.15) is 0 Å². The van der Waals surface area contributed by atoms with E-state index in [9.17, 15) is 27.9 Å². The standard InChI is InChI=1S/C23H23F3N2O4/c1-15(12-23(24,25)26)11-19(22(30)31)17-9-7-16(8-10-17)13-28-20(29)14-32-21(27-28)18-5-3-2-4-6-18/h2-10,15,19H,11-14H2,1H3,(H,30,31). The number of carboxylic acid groups (broad SMARTS) is 1. The number of amides is 1. The zero-order chi connectivity index (χ0) is 23.3. The van der Waals surface area contributed by atoms with E-state index in [1.807, 2.05) is 30.3 Å². The summed E-state index contributed by atoms with van der Waals surface area (Å²) in [4.78, 5) is 23.9. The molecule has 0 saturated heterocycles. The van der Waals surface area contributed by atoms with Crippen LogP contribution < -0.4 is 0 Å². The second kappa shape index (κ2) is 9.84. The molecule has 1 aliphatic rings. The smallest absolute Gasteiger partial charge is 0.389 e. The maximum absolute atomic E-state index is 12.6. The molecule has 0 spiro atoms. The minimum atomic E-state index is -4.34. The van der Waals surface area contributed by atoms with Gasteiger partial charge >= 0.3 is 12.1 Å². The number of hydrogen-bond acceptors (Lipinski definition) is 4. The van der Waals surface area contributed by atoms with Gasteiger partial charge < -0.3 is 9.84 Å². The second-order valence-electron chi connectivity index (χ2n) is 7.80. The van der Waals surface area contributed by atoms with Crippen LogP contribution in [-0.4, -0.2) is 40.7 Å². The van der Waals surface area contributed by atoms with Crippen molar-refractivity contribution < 1.29 is 32.6 Å².